The maximum Gasteiger partial charge on any atom is 0.266 e. The van der Waals surface area contributed by atoms with E-state index in [0.29, 0.717) is 33.5 Å². The van der Waals surface area contributed by atoms with Gasteiger partial charge in [0.15, 0.2) is 0 Å². The van der Waals surface area contributed by atoms with Crippen molar-refractivity contribution in [1.82, 2.24) is 9.55 Å². The molecule has 1 aromatic heterocycles. The molecule has 0 spiro atoms. The van der Waals surface area contributed by atoms with Crippen molar-refractivity contribution in [2.75, 3.05) is 13.2 Å². The number of aliphatic hydroxyl groups excluding tert-OH is 1. The van der Waals surface area contributed by atoms with Crippen molar-refractivity contribution in [2.45, 2.75) is 13.8 Å². The highest BCUT2D eigenvalue weighted by molar-refractivity contribution is 6.30. The van der Waals surface area contributed by atoms with E-state index >= 15 is 0 Å². The summed E-state index contributed by atoms with van der Waals surface area (Å²) in [5.74, 6) is 1.18. The third-order valence-corrected chi connectivity index (χ3v) is 4.94. The van der Waals surface area contributed by atoms with E-state index in [0.717, 1.165) is 16.7 Å². The van der Waals surface area contributed by atoms with Gasteiger partial charge in [-0.05, 0) is 67.4 Å². The van der Waals surface area contributed by atoms with Crippen LogP contribution in [-0.4, -0.2) is 27.9 Å². The number of hydrogen-bond acceptors (Lipinski definition) is 4. The molecule has 0 unspecified atom stereocenters. The second kappa shape index (κ2) is 9.11. The Bertz CT molecular complexity index is 1140. The lowest BCUT2D eigenvalue weighted by Crippen LogP contribution is -2.25. The molecule has 3 rings (SSSR count). The quantitative estimate of drug-likeness (QED) is 0.592. The lowest BCUT2D eigenvalue weighted by molar-refractivity contribution is 0.200. The molecule has 0 saturated carbocycles. The molecular weight excluding hydrogens is 400 g/mol. The van der Waals surface area contributed by atoms with Crippen LogP contribution in [-0.2, 0) is 0 Å². The van der Waals surface area contributed by atoms with Gasteiger partial charge in [-0.2, -0.15) is 0 Å². The lowest BCUT2D eigenvalue weighted by atomic mass is 10.0. The van der Waals surface area contributed by atoms with E-state index in [-0.39, 0.29) is 18.8 Å². The number of nitrogens with zero attached hydrogens (tertiary/aromatic N) is 2. The average molecular weight is 423 g/mol. The van der Waals surface area contributed by atoms with Crippen molar-refractivity contribution in [3.8, 4) is 22.8 Å². The molecule has 2 aromatic carbocycles. The Morgan fingerprint density at radius 3 is 2.30 bits per heavy atom. The molecule has 0 aliphatic rings. The van der Waals surface area contributed by atoms with Gasteiger partial charge in [0, 0.05) is 10.6 Å². The monoisotopic (exact) mass is 422 g/mol. The summed E-state index contributed by atoms with van der Waals surface area (Å²) in [4.78, 5) is 18.1. The third-order valence-electron chi connectivity index (χ3n) is 4.69. The Hall–Kier alpha value is -3.15. The zero-order valence-corrected chi connectivity index (χ0v) is 17.7. The zero-order valence-electron chi connectivity index (χ0n) is 17.0. The third kappa shape index (κ3) is 4.08. The summed E-state index contributed by atoms with van der Waals surface area (Å²) in [6, 6.07) is 10.8. The first-order valence-electron chi connectivity index (χ1n) is 9.44. The van der Waals surface area contributed by atoms with Crippen molar-refractivity contribution in [1.29, 1.82) is 0 Å². The maximum absolute atomic E-state index is 13.4. The van der Waals surface area contributed by atoms with Crippen LogP contribution in [0.3, 0.4) is 0 Å². The minimum Gasteiger partial charge on any atom is -0.491 e. The van der Waals surface area contributed by atoms with Crippen molar-refractivity contribution < 1.29 is 9.84 Å². The normalized spacial score (nSPS) is 10.7. The first-order valence-corrected chi connectivity index (χ1v) is 9.82. The SMILES string of the molecule is C=Cc1nc(-c2cc(C)c(OCCO)c(C)c2)n(-c2ccc(Cl)cc2)c(=O)c1C=C. The summed E-state index contributed by atoms with van der Waals surface area (Å²) < 4.78 is 7.20. The summed E-state index contributed by atoms with van der Waals surface area (Å²) >= 11 is 6.04. The van der Waals surface area contributed by atoms with E-state index in [2.05, 4.69) is 13.2 Å². The van der Waals surface area contributed by atoms with Crippen molar-refractivity contribution in [3.05, 3.63) is 87.3 Å². The highest BCUT2D eigenvalue weighted by Crippen LogP contribution is 2.31. The van der Waals surface area contributed by atoms with Crippen molar-refractivity contribution >= 4 is 23.8 Å². The van der Waals surface area contributed by atoms with Crippen LogP contribution in [0.15, 0.2) is 54.4 Å². The number of benzene rings is 2. The molecule has 5 nitrogen and oxygen atoms in total. The molecular formula is C24H23ClN2O3. The van der Waals surface area contributed by atoms with Gasteiger partial charge in [0.2, 0.25) is 0 Å². The fourth-order valence-corrected chi connectivity index (χ4v) is 3.50. The number of rotatable bonds is 7. The Labute approximate surface area is 180 Å². The van der Waals surface area contributed by atoms with E-state index in [1.165, 1.54) is 6.08 Å². The van der Waals surface area contributed by atoms with Gasteiger partial charge >= 0.3 is 0 Å². The second-order valence-corrected chi connectivity index (χ2v) is 7.21. The fraction of sp³-hybridized carbons (Fsp3) is 0.167. The predicted molar refractivity (Wildman–Crippen MR) is 123 cm³/mol. The Kier molecular flexibility index (Phi) is 6.55. The Morgan fingerprint density at radius 2 is 1.77 bits per heavy atom. The first-order chi connectivity index (χ1) is 14.4. The van der Waals surface area contributed by atoms with Gasteiger partial charge in [0.25, 0.3) is 5.56 Å². The summed E-state index contributed by atoms with van der Waals surface area (Å²) in [6.07, 6.45) is 3.04. The summed E-state index contributed by atoms with van der Waals surface area (Å²) in [7, 11) is 0. The van der Waals surface area contributed by atoms with Crippen LogP contribution in [0, 0.1) is 13.8 Å². The van der Waals surface area contributed by atoms with Gasteiger partial charge < -0.3 is 9.84 Å². The number of halogens is 1. The van der Waals surface area contributed by atoms with Crippen molar-refractivity contribution in [2.24, 2.45) is 0 Å². The molecule has 1 heterocycles. The van der Waals surface area contributed by atoms with Crippen molar-refractivity contribution in [3.63, 3.8) is 0 Å². The highest BCUT2D eigenvalue weighted by atomic mass is 35.5. The van der Waals surface area contributed by atoms with Crippen LogP contribution >= 0.6 is 11.6 Å². The van der Waals surface area contributed by atoms with Crippen LogP contribution in [0.1, 0.15) is 22.4 Å². The standard InChI is InChI=1S/C24H23ClN2O3/c1-5-20-21(6-2)26-23(27(24(20)29)19-9-7-18(25)8-10-19)17-13-15(3)22(16(4)14-17)30-12-11-28/h5-10,13-14,28H,1-2,11-12H2,3-4H3. The Balaban J connectivity index is 2.32. The van der Waals surface area contributed by atoms with Crippen LogP contribution in [0.2, 0.25) is 5.02 Å². The smallest absolute Gasteiger partial charge is 0.266 e. The molecule has 0 radical (unpaired) electrons. The second-order valence-electron chi connectivity index (χ2n) is 6.77. The van der Waals surface area contributed by atoms with Crippen LogP contribution in [0.25, 0.3) is 29.2 Å². The van der Waals surface area contributed by atoms with Gasteiger partial charge in [-0.25, -0.2) is 4.98 Å². The number of ether oxygens (including phenoxy) is 1. The molecule has 0 amide bonds. The van der Waals surface area contributed by atoms with Gasteiger partial charge in [0.1, 0.15) is 18.2 Å². The van der Waals surface area contributed by atoms with Crippen LogP contribution in [0.5, 0.6) is 5.75 Å². The molecule has 0 fully saturated rings. The van der Waals surface area contributed by atoms with Gasteiger partial charge in [-0.15, -0.1) is 0 Å². The van der Waals surface area contributed by atoms with E-state index in [1.54, 1.807) is 34.9 Å². The molecule has 0 aliphatic heterocycles. The van der Waals surface area contributed by atoms with E-state index < -0.39 is 0 Å². The minimum atomic E-state index is -0.247. The summed E-state index contributed by atoms with van der Waals surface area (Å²) in [5.41, 5.74) is 3.74. The molecule has 154 valence electrons. The van der Waals surface area contributed by atoms with E-state index in [4.69, 9.17) is 26.4 Å². The maximum atomic E-state index is 13.4. The molecule has 3 aromatic rings. The van der Waals surface area contributed by atoms with Gasteiger partial charge in [0.05, 0.1) is 23.6 Å². The van der Waals surface area contributed by atoms with Crippen LogP contribution in [0.4, 0.5) is 0 Å². The van der Waals surface area contributed by atoms with Gasteiger partial charge in [-0.3, -0.25) is 9.36 Å². The van der Waals surface area contributed by atoms with Crippen LogP contribution < -0.4 is 10.3 Å². The van der Waals surface area contributed by atoms with E-state index in [1.807, 2.05) is 26.0 Å². The molecule has 6 heteroatoms. The highest BCUT2D eigenvalue weighted by Gasteiger charge is 2.18. The molecule has 0 bridgehead atoms. The molecule has 0 atom stereocenters. The molecule has 1 N–H and O–H groups in total. The number of hydrogen-bond donors (Lipinski definition) is 1. The topological polar surface area (TPSA) is 64.3 Å². The summed E-state index contributed by atoms with van der Waals surface area (Å²) in [6.45, 7) is 11.5. The largest absolute Gasteiger partial charge is 0.491 e. The van der Waals surface area contributed by atoms with Gasteiger partial charge in [-0.1, -0.05) is 30.8 Å². The molecule has 30 heavy (non-hydrogen) atoms. The number of aromatic nitrogens is 2. The Morgan fingerprint density at radius 1 is 1.13 bits per heavy atom. The molecule has 0 saturated heterocycles. The zero-order chi connectivity index (χ0) is 21.8. The lowest BCUT2D eigenvalue weighted by Gasteiger charge is -2.18. The van der Waals surface area contributed by atoms with E-state index in [9.17, 15) is 4.79 Å². The first kappa shape index (κ1) is 21.6. The average Bonchev–Trinajstić information content (AvgIpc) is 2.73. The fourth-order valence-electron chi connectivity index (χ4n) is 3.38. The minimum absolute atomic E-state index is 0.0655. The predicted octanol–water partition coefficient (Wildman–Crippen LogP) is 4.83. The molecule has 0 aliphatic carbocycles. The number of aliphatic hydroxyl groups is 1. The number of aryl methyl sites for hydroxylation is 2. The summed E-state index contributed by atoms with van der Waals surface area (Å²) in [5, 5.41) is 9.64.